The first-order chi connectivity index (χ1) is 14.6. The first-order valence-electron chi connectivity index (χ1n) is 8.96. The zero-order valence-corrected chi connectivity index (χ0v) is 17.5. The molecule has 0 saturated heterocycles. The van der Waals surface area contributed by atoms with Crippen molar-refractivity contribution in [1.82, 2.24) is 8.75 Å². The molecule has 1 atom stereocenters. The summed E-state index contributed by atoms with van der Waals surface area (Å²) in [6, 6.07) is 20.4. The summed E-state index contributed by atoms with van der Waals surface area (Å²) in [7, 11) is 1.27. The molecule has 152 valence electrons. The number of ether oxygens (including phenoxy) is 1. The van der Waals surface area contributed by atoms with Crippen LogP contribution in [0.4, 0.5) is 11.5 Å². The highest BCUT2D eigenvalue weighted by Gasteiger charge is 2.28. The van der Waals surface area contributed by atoms with Gasteiger partial charge < -0.3 is 4.74 Å². The molecule has 4 rings (SSSR count). The molecule has 1 heterocycles. The van der Waals surface area contributed by atoms with Crippen LogP contribution in [0, 0.1) is 0 Å². The summed E-state index contributed by atoms with van der Waals surface area (Å²) < 4.78 is 37.2. The van der Waals surface area contributed by atoms with E-state index in [0.717, 1.165) is 32.4 Å². The van der Waals surface area contributed by atoms with E-state index < -0.39 is 17.2 Å². The quantitative estimate of drug-likeness (QED) is 0.355. The number of anilines is 2. The monoisotopic (exact) mass is 439 g/mol. The molecule has 0 bridgehead atoms. The Morgan fingerprint density at radius 1 is 1.07 bits per heavy atom. The fourth-order valence-corrected chi connectivity index (χ4v) is 4.41. The van der Waals surface area contributed by atoms with E-state index in [1.807, 2.05) is 54.6 Å². The summed E-state index contributed by atoms with van der Waals surface area (Å²) in [5.41, 5.74) is 1.92. The summed E-state index contributed by atoms with van der Waals surface area (Å²) in [5.74, 6) is -0.385. The van der Waals surface area contributed by atoms with Crippen molar-refractivity contribution in [3.63, 3.8) is 0 Å². The van der Waals surface area contributed by atoms with Gasteiger partial charge >= 0.3 is 5.97 Å². The van der Waals surface area contributed by atoms with Crippen LogP contribution in [-0.4, -0.2) is 30.6 Å². The minimum Gasteiger partial charge on any atom is -0.465 e. The third-order valence-electron chi connectivity index (χ3n) is 4.59. The molecule has 7 nitrogen and oxygen atoms in total. The minimum atomic E-state index is -2.49. The standard InChI is InChI=1S/C21H17N3O4S2/c1-28-21(25)17-12-15-9-5-6-10-16(15)13-19(17)24(30(26)27)20-18(22-29-23-20)11-14-7-3-2-4-8-14/h2-10,12-13H,11H2,1H3,(H,26,27). The maximum atomic E-state index is 12.5. The number of methoxy groups -OCH3 is 1. The lowest BCUT2D eigenvalue weighted by Gasteiger charge is -2.21. The number of esters is 1. The second-order valence-corrected chi connectivity index (χ2v) is 7.79. The molecule has 0 radical (unpaired) electrons. The molecule has 30 heavy (non-hydrogen) atoms. The second-order valence-electron chi connectivity index (χ2n) is 6.43. The molecular weight excluding hydrogens is 422 g/mol. The predicted molar refractivity (Wildman–Crippen MR) is 117 cm³/mol. The van der Waals surface area contributed by atoms with E-state index in [1.165, 1.54) is 7.11 Å². The molecule has 1 N–H and O–H groups in total. The molecule has 0 fully saturated rings. The van der Waals surface area contributed by atoms with Crippen molar-refractivity contribution in [2.75, 3.05) is 11.4 Å². The molecule has 0 amide bonds. The van der Waals surface area contributed by atoms with Crippen LogP contribution in [-0.2, 0) is 22.4 Å². The van der Waals surface area contributed by atoms with Crippen molar-refractivity contribution < 1.29 is 18.3 Å². The molecule has 1 unspecified atom stereocenters. The first-order valence-corrected chi connectivity index (χ1v) is 10.8. The largest absolute Gasteiger partial charge is 0.465 e. The topological polar surface area (TPSA) is 92.6 Å². The van der Waals surface area contributed by atoms with E-state index in [1.54, 1.807) is 12.1 Å². The van der Waals surface area contributed by atoms with Crippen molar-refractivity contribution in [3.8, 4) is 0 Å². The average molecular weight is 440 g/mol. The number of carbonyl (C=O) groups is 1. The van der Waals surface area contributed by atoms with E-state index >= 15 is 0 Å². The van der Waals surface area contributed by atoms with Crippen molar-refractivity contribution in [2.24, 2.45) is 0 Å². The Morgan fingerprint density at radius 2 is 1.73 bits per heavy atom. The van der Waals surface area contributed by atoms with Crippen LogP contribution < -0.4 is 4.31 Å². The van der Waals surface area contributed by atoms with Crippen molar-refractivity contribution >= 4 is 51.2 Å². The van der Waals surface area contributed by atoms with Gasteiger partial charge in [-0.2, -0.15) is 8.75 Å². The van der Waals surface area contributed by atoms with Crippen LogP contribution in [0.15, 0.2) is 66.7 Å². The van der Waals surface area contributed by atoms with E-state index in [-0.39, 0.29) is 17.1 Å². The summed E-state index contributed by atoms with van der Waals surface area (Å²) in [6.45, 7) is 0. The number of rotatable bonds is 6. The number of aromatic nitrogens is 2. The highest BCUT2D eigenvalue weighted by Crippen LogP contribution is 2.35. The van der Waals surface area contributed by atoms with Crippen LogP contribution in [0.1, 0.15) is 21.6 Å². The Balaban J connectivity index is 1.87. The van der Waals surface area contributed by atoms with Gasteiger partial charge in [0.1, 0.15) is 5.69 Å². The summed E-state index contributed by atoms with van der Waals surface area (Å²) >= 11 is -1.55. The lowest BCUT2D eigenvalue weighted by molar-refractivity contribution is 0.0602. The Labute approximate surface area is 179 Å². The third kappa shape index (κ3) is 3.95. The van der Waals surface area contributed by atoms with Crippen LogP contribution in [0.5, 0.6) is 0 Å². The molecule has 0 aliphatic carbocycles. The van der Waals surface area contributed by atoms with E-state index in [2.05, 4.69) is 8.75 Å². The summed E-state index contributed by atoms with van der Waals surface area (Å²) in [5, 5.41) is 1.62. The van der Waals surface area contributed by atoms with Gasteiger partial charge in [0, 0.05) is 6.42 Å². The van der Waals surface area contributed by atoms with E-state index in [0.29, 0.717) is 12.1 Å². The number of fused-ring (bicyclic) bond motifs is 1. The van der Waals surface area contributed by atoms with Gasteiger partial charge in [0.05, 0.1) is 30.1 Å². The highest BCUT2D eigenvalue weighted by molar-refractivity contribution is 7.81. The van der Waals surface area contributed by atoms with Gasteiger partial charge in [0.15, 0.2) is 5.82 Å². The molecule has 1 aromatic heterocycles. The normalized spacial score (nSPS) is 11.9. The lowest BCUT2D eigenvalue weighted by atomic mass is 10.0. The van der Waals surface area contributed by atoms with E-state index in [9.17, 15) is 13.6 Å². The number of benzene rings is 3. The van der Waals surface area contributed by atoms with Crippen molar-refractivity contribution in [3.05, 3.63) is 83.6 Å². The summed E-state index contributed by atoms with van der Waals surface area (Å²) in [6.07, 6.45) is 0.432. The second kappa shape index (κ2) is 8.70. The molecule has 3 aromatic carbocycles. The average Bonchev–Trinajstić information content (AvgIpc) is 3.20. The number of nitrogens with zero attached hydrogens (tertiary/aromatic N) is 3. The van der Waals surface area contributed by atoms with Gasteiger partial charge in [-0.25, -0.2) is 13.3 Å². The third-order valence-corrected chi connectivity index (χ3v) is 5.83. The van der Waals surface area contributed by atoms with Gasteiger partial charge in [-0.3, -0.25) is 4.55 Å². The highest BCUT2D eigenvalue weighted by atomic mass is 32.2. The Kier molecular flexibility index (Phi) is 5.84. The van der Waals surface area contributed by atoms with Gasteiger partial charge in [-0.05, 0) is 28.5 Å². The maximum Gasteiger partial charge on any atom is 0.340 e. The van der Waals surface area contributed by atoms with E-state index in [4.69, 9.17) is 4.74 Å². The molecule has 4 aromatic rings. The Morgan fingerprint density at radius 3 is 2.40 bits per heavy atom. The molecule has 0 spiro atoms. The van der Waals surface area contributed by atoms with Gasteiger partial charge in [-0.15, -0.1) is 0 Å². The van der Waals surface area contributed by atoms with Crippen LogP contribution >= 0.6 is 11.7 Å². The van der Waals surface area contributed by atoms with Crippen molar-refractivity contribution in [2.45, 2.75) is 6.42 Å². The Bertz CT molecular complexity index is 1230. The smallest absolute Gasteiger partial charge is 0.340 e. The Hall–Kier alpha value is -3.14. The summed E-state index contributed by atoms with van der Waals surface area (Å²) in [4.78, 5) is 12.5. The van der Waals surface area contributed by atoms with Gasteiger partial charge in [-0.1, -0.05) is 54.6 Å². The number of carbonyl (C=O) groups excluding carboxylic acids is 1. The molecule has 0 aliphatic heterocycles. The minimum absolute atomic E-state index is 0.164. The SMILES string of the molecule is COC(=O)c1cc2ccccc2cc1N(c1nsnc1Cc1ccccc1)S(=O)O. The fraction of sp³-hybridized carbons (Fsp3) is 0.0952. The molecular formula is C21H17N3O4S2. The number of hydrogen-bond donors (Lipinski definition) is 1. The maximum absolute atomic E-state index is 12.5. The van der Waals surface area contributed by atoms with Gasteiger partial charge in [0.25, 0.3) is 11.3 Å². The van der Waals surface area contributed by atoms with Crippen LogP contribution in [0.3, 0.4) is 0 Å². The fourth-order valence-electron chi connectivity index (χ4n) is 3.20. The van der Waals surface area contributed by atoms with Crippen LogP contribution in [0.25, 0.3) is 10.8 Å². The van der Waals surface area contributed by atoms with Gasteiger partial charge in [0.2, 0.25) is 0 Å². The lowest BCUT2D eigenvalue weighted by Crippen LogP contribution is -2.23. The predicted octanol–water partition coefficient (Wildman–Crippen LogP) is 4.34. The molecule has 9 heteroatoms. The number of hydrogen-bond acceptors (Lipinski definition) is 6. The van der Waals surface area contributed by atoms with Crippen LogP contribution in [0.2, 0.25) is 0 Å². The zero-order chi connectivity index (χ0) is 21.1. The molecule has 0 aliphatic rings. The molecule has 0 saturated carbocycles. The zero-order valence-electron chi connectivity index (χ0n) is 15.9. The van der Waals surface area contributed by atoms with Crippen molar-refractivity contribution in [1.29, 1.82) is 0 Å². The first kappa shape index (κ1) is 20.1.